The molecule has 0 N–H and O–H groups in total. The van der Waals surface area contributed by atoms with Gasteiger partial charge in [-0.1, -0.05) is 84.0 Å². The lowest BCUT2D eigenvalue weighted by atomic mass is 9.68. The molecule has 2 saturated carbocycles. The molecule has 0 bridgehead atoms. The van der Waals surface area contributed by atoms with Crippen LogP contribution < -0.4 is 0 Å². The predicted octanol–water partition coefficient (Wildman–Crippen LogP) is 9.69. The van der Waals surface area contributed by atoms with Gasteiger partial charge in [0.05, 0.1) is 0 Å². The van der Waals surface area contributed by atoms with Crippen LogP contribution in [0, 0.1) is 23.7 Å². The maximum absolute atomic E-state index is 12.3. The molecule has 0 aromatic rings. The zero-order valence-corrected chi connectivity index (χ0v) is 18.6. The Hall–Kier alpha value is -0.400. The van der Waals surface area contributed by atoms with Crippen LogP contribution in [0.2, 0.25) is 0 Å². The van der Waals surface area contributed by atoms with Crippen molar-refractivity contribution >= 4 is 0 Å². The minimum absolute atomic E-state index is 0.515. The largest absolute Gasteiger partial charge is 0.266 e. The van der Waals surface area contributed by atoms with Crippen molar-refractivity contribution in [3.05, 3.63) is 12.2 Å². The van der Waals surface area contributed by atoms with Crippen LogP contribution in [0.4, 0.5) is 8.78 Å². The van der Waals surface area contributed by atoms with Gasteiger partial charge in [0.2, 0.25) is 0 Å². The summed E-state index contributed by atoms with van der Waals surface area (Å²) >= 11 is 0. The van der Waals surface area contributed by atoms with Gasteiger partial charge in [-0.05, 0) is 74.7 Å². The Labute approximate surface area is 173 Å². The fourth-order valence-electron chi connectivity index (χ4n) is 5.84. The van der Waals surface area contributed by atoms with Gasteiger partial charge < -0.3 is 0 Å². The van der Waals surface area contributed by atoms with Crippen molar-refractivity contribution in [2.75, 3.05) is 0 Å². The van der Waals surface area contributed by atoms with Gasteiger partial charge in [0.15, 0.2) is 0 Å². The van der Waals surface area contributed by atoms with Crippen molar-refractivity contribution in [2.24, 2.45) is 23.7 Å². The molecule has 2 rings (SSSR count). The summed E-state index contributed by atoms with van der Waals surface area (Å²) < 4.78 is 24.5. The number of hydrogen-bond donors (Lipinski definition) is 0. The Morgan fingerprint density at radius 3 is 1.61 bits per heavy atom. The normalized spacial score (nSPS) is 28.2. The standard InChI is InChI=1S/C26H46F2/c1-2-3-4-5-6-7-8-9-10-11-22-12-17-24(18-13-22)25-19-14-23(15-20-25)16-21-26(27)28/h21-25H,2-20H2,1H3/t22-,23-,24-,25-. The summed E-state index contributed by atoms with van der Waals surface area (Å²) in [5, 5.41) is 0. The first-order valence-electron chi connectivity index (χ1n) is 12.7. The highest BCUT2D eigenvalue weighted by molar-refractivity contribution is 4.87. The molecule has 28 heavy (non-hydrogen) atoms. The Balaban J connectivity index is 1.46. The Kier molecular flexibility index (Phi) is 12.4. The van der Waals surface area contributed by atoms with Crippen LogP contribution in [0.5, 0.6) is 0 Å². The van der Waals surface area contributed by atoms with Crippen LogP contribution in [0.15, 0.2) is 12.2 Å². The quantitative estimate of drug-likeness (QED) is 0.272. The number of hydrogen-bond acceptors (Lipinski definition) is 0. The molecule has 0 atom stereocenters. The van der Waals surface area contributed by atoms with Crippen LogP contribution in [-0.4, -0.2) is 0 Å². The van der Waals surface area contributed by atoms with E-state index >= 15 is 0 Å². The lowest BCUT2D eigenvalue weighted by Crippen LogP contribution is -2.25. The van der Waals surface area contributed by atoms with Gasteiger partial charge in [0, 0.05) is 0 Å². The Bertz CT molecular complexity index is 397. The molecule has 2 aliphatic rings. The molecule has 0 amide bonds. The second-order valence-electron chi connectivity index (χ2n) is 9.91. The molecule has 0 heterocycles. The predicted molar refractivity (Wildman–Crippen MR) is 118 cm³/mol. The molecule has 0 saturated heterocycles. The maximum atomic E-state index is 12.3. The summed E-state index contributed by atoms with van der Waals surface area (Å²) in [5.74, 6) is 3.34. The molecule has 0 spiro atoms. The SMILES string of the molecule is CCCCCCCCCCC[C@H]1CC[C@H]([C@H]2CC[C@H](CC=C(F)F)CC2)CC1. The number of halogens is 2. The van der Waals surface area contributed by atoms with Crippen LogP contribution in [0.25, 0.3) is 0 Å². The van der Waals surface area contributed by atoms with Gasteiger partial charge in [-0.2, -0.15) is 8.78 Å². The molecule has 2 aliphatic carbocycles. The highest BCUT2D eigenvalue weighted by atomic mass is 19.3. The van der Waals surface area contributed by atoms with Crippen molar-refractivity contribution in [2.45, 2.75) is 129 Å². The van der Waals surface area contributed by atoms with Crippen LogP contribution in [-0.2, 0) is 0 Å². The molecule has 0 aromatic heterocycles. The van der Waals surface area contributed by atoms with Gasteiger partial charge in [-0.25, -0.2) is 0 Å². The molecule has 0 aliphatic heterocycles. The van der Waals surface area contributed by atoms with E-state index in [1.807, 2.05) is 0 Å². The molecular weight excluding hydrogens is 350 g/mol. The third kappa shape index (κ3) is 9.88. The first-order chi connectivity index (χ1) is 13.7. The summed E-state index contributed by atoms with van der Waals surface area (Å²) in [6, 6.07) is 0. The van der Waals surface area contributed by atoms with Gasteiger partial charge >= 0.3 is 0 Å². The van der Waals surface area contributed by atoms with Crippen molar-refractivity contribution in [1.82, 2.24) is 0 Å². The molecule has 0 radical (unpaired) electrons. The summed E-state index contributed by atoms with van der Waals surface area (Å²) in [6.45, 7) is 2.29. The first-order valence-corrected chi connectivity index (χ1v) is 12.7. The van der Waals surface area contributed by atoms with Crippen molar-refractivity contribution < 1.29 is 8.78 Å². The first kappa shape index (κ1) is 23.9. The summed E-state index contributed by atoms with van der Waals surface area (Å²) in [7, 11) is 0. The van der Waals surface area contributed by atoms with E-state index in [1.54, 1.807) is 0 Å². The third-order valence-electron chi connectivity index (χ3n) is 7.77. The minimum atomic E-state index is -1.49. The molecular formula is C26H46F2. The van der Waals surface area contributed by atoms with E-state index in [1.165, 1.54) is 116 Å². The van der Waals surface area contributed by atoms with Gasteiger partial charge in [0.25, 0.3) is 6.08 Å². The Morgan fingerprint density at radius 2 is 1.11 bits per heavy atom. The lowest BCUT2D eigenvalue weighted by molar-refractivity contribution is 0.143. The number of unbranched alkanes of at least 4 members (excludes halogenated alkanes) is 8. The average molecular weight is 397 g/mol. The third-order valence-corrected chi connectivity index (χ3v) is 7.77. The van der Waals surface area contributed by atoms with E-state index in [-0.39, 0.29) is 0 Å². The Morgan fingerprint density at radius 1 is 0.643 bits per heavy atom. The van der Waals surface area contributed by atoms with Crippen molar-refractivity contribution in [1.29, 1.82) is 0 Å². The maximum Gasteiger partial charge on any atom is 0.266 e. The summed E-state index contributed by atoms with van der Waals surface area (Å²) in [6.07, 6.45) is 25.3. The van der Waals surface area contributed by atoms with Crippen molar-refractivity contribution in [3.8, 4) is 0 Å². The number of rotatable bonds is 13. The van der Waals surface area contributed by atoms with E-state index in [0.29, 0.717) is 12.3 Å². The van der Waals surface area contributed by atoms with E-state index in [2.05, 4.69) is 6.92 Å². The highest BCUT2D eigenvalue weighted by Gasteiger charge is 2.30. The molecule has 0 aromatic carbocycles. The zero-order chi connectivity index (χ0) is 20.0. The van der Waals surface area contributed by atoms with E-state index in [0.717, 1.165) is 23.8 Å². The van der Waals surface area contributed by atoms with Gasteiger partial charge in [0.1, 0.15) is 0 Å². The van der Waals surface area contributed by atoms with E-state index < -0.39 is 6.08 Å². The van der Waals surface area contributed by atoms with E-state index in [9.17, 15) is 8.78 Å². The smallest absolute Gasteiger partial charge is 0.174 e. The highest BCUT2D eigenvalue weighted by Crippen LogP contribution is 2.43. The fraction of sp³-hybridized carbons (Fsp3) is 0.923. The summed E-state index contributed by atoms with van der Waals surface area (Å²) in [4.78, 5) is 0. The molecule has 0 nitrogen and oxygen atoms in total. The second kappa shape index (κ2) is 14.6. The average Bonchev–Trinajstić information content (AvgIpc) is 2.72. The second-order valence-corrected chi connectivity index (χ2v) is 9.91. The van der Waals surface area contributed by atoms with Gasteiger partial charge in [-0.3, -0.25) is 0 Å². The monoisotopic (exact) mass is 396 g/mol. The van der Waals surface area contributed by atoms with Crippen LogP contribution in [0.1, 0.15) is 129 Å². The van der Waals surface area contributed by atoms with Gasteiger partial charge in [-0.15, -0.1) is 0 Å². The van der Waals surface area contributed by atoms with Crippen LogP contribution >= 0.6 is 0 Å². The molecule has 2 heteroatoms. The molecule has 164 valence electrons. The number of allylic oxidation sites excluding steroid dienone is 1. The van der Waals surface area contributed by atoms with Crippen molar-refractivity contribution in [3.63, 3.8) is 0 Å². The van der Waals surface area contributed by atoms with Crippen LogP contribution in [0.3, 0.4) is 0 Å². The summed E-state index contributed by atoms with van der Waals surface area (Å²) in [5.41, 5.74) is 0. The minimum Gasteiger partial charge on any atom is -0.174 e. The zero-order valence-electron chi connectivity index (χ0n) is 18.6. The fourth-order valence-corrected chi connectivity index (χ4v) is 5.84. The lowest BCUT2D eigenvalue weighted by Gasteiger charge is -2.37. The molecule has 2 fully saturated rings. The topological polar surface area (TPSA) is 0 Å². The molecule has 0 unspecified atom stereocenters. The van der Waals surface area contributed by atoms with E-state index in [4.69, 9.17) is 0 Å².